The number of amides is 1. The Labute approximate surface area is 172 Å². The van der Waals surface area contributed by atoms with E-state index in [2.05, 4.69) is 10.1 Å². The Bertz CT molecular complexity index is 1150. The summed E-state index contributed by atoms with van der Waals surface area (Å²) in [6, 6.07) is 16.8. The quantitative estimate of drug-likeness (QED) is 0.323. The van der Waals surface area contributed by atoms with Crippen LogP contribution in [0.2, 0.25) is 0 Å². The van der Waals surface area contributed by atoms with Crippen molar-refractivity contribution < 1.29 is 13.9 Å². The van der Waals surface area contributed by atoms with Crippen molar-refractivity contribution in [3.63, 3.8) is 0 Å². The van der Waals surface area contributed by atoms with E-state index in [9.17, 15) is 4.79 Å². The zero-order valence-electron chi connectivity index (χ0n) is 16.0. The zero-order chi connectivity index (χ0) is 20.2. The van der Waals surface area contributed by atoms with Crippen molar-refractivity contribution in [2.45, 2.75) is 13.8 Å². The van der Waals surface area contributed by atoms with E-state index in [1.54, 1.807) is 18.3 Å². The number of fused-ring (bicyclic) bond motifs is 1. The van der Waals surface area contributed by atoms with Crippen LogP contribution in [-0.2, 0) is 0 Å². The first-order valence-electron chi connectivity index (χ1n) is 9.16. The normalized spacial score (nSPS) is 11.2. The van der Waals surface area contributed by atoms with Gasteiger partial charge in [-0.2, -0.15) is 10.1 Å². The SMILES string of the molecule is CCOc1ccc(/C=N/N(C(=O)c2ccco2)c2nc3ccc(C)cc3s2)cc1. The van der Waals surface area contributed by atoms with Crippen molar-refractivity contribution in [3.05, 3.63) is 77.7 Å². The molecule has 0 aliphatic heterocycles. The van der Waals surface area contributed by atoms with Gasteiger partial charge in [0.1, 0.15) is 5.75 Å². The van der Waals surface area contributed by atoms with Crippen molar-refractivity contribution in [1.82, 2.24) is 4.98 Å². The highest BCUT2D eigenvalue weighted by molar-refractivity contribution is 7.22. The summed E-state index contributed by atoms with van der Waals surface area (Å²) in [6.45, 7) is 4.57. The van der Waals surface area contributed by atoms with E-state index in [1.807, 2.05) is 56.3 Å². The third kappa shape index (κ3) is 4.20. The van der Waals surface area contributed by atoms with E-state index in [0.717, 1.165) is 27.1 Å². The fourth-order valence-electron chi connectivity index (χ4n) is 2.74. The molecule has 7 heteroatoms. The van der Waals surface area contributed by atoms with Gasteiger partial charge in [0, 0.05) is 0 Å². The average Bonchev–Trinajstić information content (AvgIpc) is 3.39. The fraction of sp³-hybridized carbons (Fsp3) is 0.136. The van der Waals surface area contributed by atoms with E-state index in [-0.39, 0.29) is 11.7 Å². The minimum absolute atomic E-state index is 0.198. The second kappa shape index (κ2) is 8.28. The molecule has 4 rings (SSSR count). The molecule has 0 saturated heterocycles. The molecule has 2 heterocycles. The number of ether oxygens (including phenoxy) is 1. The summed E-state index contributed by atoms with van der Waals surface area (Å²) in [5.41, 5.74) is 2.79. The molecule has 1 amide bonds. The minimum Gasteiger partial charge on any atom is -0.494 e. The number of carbonyl (C=O) groups excluding carboxylic acids is 1. The number of nitrogens with zero attached hydrogens (tertiary/aromatic N) is 3. The molecular formula is C22H19N3O3S. The highest BCUT2D eigenvalue weighted by Crippen LogP contribution is 2.30. The number of hydrogen-bond donors (Lipinski definition) is 0. The van der Waals surface area contributed by atoms with Gasteiger partial charge in [-0.1, -0.05) is 17.4 Å². The number of benzene rings is 2. The van der Waals surface area contributed by atoms with Crippen LogP contribution in [0.3, 0.4) is 0 Å². The standard InChI is InChI=1S/C22H19N3O3S/c1-3-27-17-9-7-16(8-10-17)14-23-25(21(26)19-5-4-12-28-19)22-24-18-11-6-15(2)13-20(18)29-22/h4-14H,3H2,1-2H3/b23-14+. The van der Waals surface area contributed by atoms with E-state index in [0.29, 0.717) is 11.7 Å². The smallest absolute Gasteiger partial charge is 0.316 e. The van der Waals surface area contributed by atoms with Gasteiger partial charge in [0.15, 0.2) is 5.76 Å². The molecular weight excluding hydrogens is 386 g/mol. The molecule has 4 aromatic rings. The molecule has 2 aromatic heterocycles. The van der Waals surface area contributed by atoms with Gasteiger partial charge >= 0.3 is 5.91 Å². The molecule has 0 N–H and O–H groups in total. The largest absolute Gasteiger partial charge is 0.494 e. The number of aromatic nitrogens is 1. The lowest BCUT2D eigenvalue weighted by Crippen LogP contribution is -2.25. The lowest BCUT2D eigenvalue weighted by Gasteiger charge is -2.12. The molecule has 29 heavy (non-hydrogen) atoms. The van der Waals surface area contributed by atoms with Gasteiger partial charge < -0.3 is 9.15 Å². The lowest BCUT2D eigenvalue weighted by atomic mass is 10.2. The average molecular weight is 405 g/mol. The van der Waals surface area contributed by atoms with Crippen molar-refractivity contribution in [3.8, 4) is 5.75 Å². The van der Waals surface area contributed by atoms with Crippen molar-refractivity contribution in [2.24, 2.45) is 5.10 Å². The first-order valence-corrected chi connectivity index (χ1v) is 9.97. The summed E-state index contributed by atoms with van der Waals surface area (Å²) in [5.74, 6) is 0.604. The summed E-state index contributed by atoms with van der Waals surface area (Å²) >= 11 is 1.41. The molecule has 0 bridgehead atoms. The first kappa shape index (κ1) is 18.9. The second-order valence-electron chi connectivity index (χ2n) is 6.31. The predicted octanol–water partition coefficient (Wildman–Crippen LogP) is 5.28. The molecule has 0 spiro atoms. The van der Waals surface area contributed by atoms with Crippen LogP contribution in [0.25, 0.3) is 10.2 Å². The van der Waals surface area contributed by atoms with Gasteiger partial charge in [0.05, 0.1) is 29.3 Å². The predicted molar refractivity (Wildman–Crippen MR) is 115 cm³/mol. The van der Waals surface area contributed by atoms with Crippen LogP contribution in [0.15, 0.2) is 70.4 Å². The van der Waals surface area contributed by atoms with Gasteiger partial charge in [-0.25, -0.2) is 4.98 Å². The van der Waals surface area contributed by atoms with Crippen LogP contribution in [0.5, 0.6) is 5.75 Å². The van der Waals surface area contributed by atoms with Gasteiger partial charge in [0.2, 0.25) is 5.13 Å². The Morgan fingerprint density at radius 2 is 2.07 bits per heavy atom. The van der Waals surface area contributed by atoms with Crippen molar-refractivity contribution in [1.29, 1.82) is 0 Å². The fourth-order valence-corrected chi connectivity index (χ4v) is 3.77. The summed E-state index contributed by atoms with van der Waals surface area (Å²) in [6.07, 6.45) is 3.08. The zero-order valence-corrected chi connectivity index (χ0v) is 16.8. The van der Waals surface area contributed by atoms with Crippen LogP contribution in [-0.4, -0.2) is 23.7 Å². The Kier molecular flexibility index (Phi) is 5.39. The topological polar surface area (TPSA) is 67.9 Å². The van der Waals surface area contributed by atoms with Gasteiger partial charge in [0.25, 0.3) is 0 Å². The van der Waals surface area contributed by atoms with E-state index in [1.165, 1.54) is 22.6 Å². The highest BCUT2D eigenvalue weighted by Gasteiger charge is 2.23. The number of hydrogen-bond acceptors (Lipinski definition) is 6. The van der Waals surface area contributed by atoms with Crippen LogP contribution < -0.4 is 9.75 Å². The first-order chi connectivity index (χ1) is 14.1. The van der Waals surface area contributed by atoms with Crippen LogP contribution >= 0.6 is 11.3 Å². The summed E-state index contributed by atoms with van der Waals surface area (Å²) in [5, 5.41) is 6.17. The molecule has 0 aliphatic carbocycles. The monoisotopic (exact) mass is 405 g/mol. The van der Waals surface area contributed by atoms with Crippen LogP contribution in [0.1, 0.15) is 28.6 Å². The molecule has 146 valence electrons. The molecule has 0 atom stereocenters. The molecule has 0 unspecified atom stereocenters. The van der Waals surface area contributed by atoms with E-state index in [4.69, 9.17) is 9.15 Å². The highest BCUT2D eigenvalue weighted by atomic mass is 32.1. The molecule has 0 aliphatic rings. The third-order valence-electron chi connectivity index (χ3n) is 4.15. The number of aryl methyl sites for hydroxylation is 1. The number of carbonyl (C=O) groups is 1. The maximum Gasteiger partial charge on any atom is 0.316 e. The number of hydrazone groups is 1. The second-order valence-corrected chi connectivity index (χ2v) is 7.32. The molecule has 2 aromatic carbocycles. The molecule has 6 nitrogen and oxygen atoms in total. The van der Waals surface area contributed by atoms with Crippen molar-refractivity contribution >= 4 is 38.8 Å². The molecule has 0 radical (unpaired) electrons. The summed E-state index contributed by atoms with van der Waals surface area (Å²) in [4.78, 5) is 17.6. The van der Waals surface area contributed by atoms with E-state index >= 15 is 0 Å². The Morgan fingerprint density at radius 1 is 1.24 bits per heavy atom. The minimum atomic E-state index is -0.382. The van der Waals surface area contributed by atoms with Crippen molar-refractivity contribution in [2.75, 3.05) is 11.6 Å². The maximum atomic E-state index is 13.0. The van der Waals surface area contributed by atoms with E-state index < -0.39 is 0 Å². The number of thiazole rings is 1. The maximum absolute atomic E-state index is 13.0. The Balaban J connectivity index is 1.68. The third-order valence-corrected chi connectivity index (χ3v) is 5.15. The number of anilines is 1. The van der Waals surface area contributed by atoms with Gasteiger partial charge in [-0.15, -0.1) is 0 Å². The Hall–Kier alpha value is -3.45. The van der Waals surface area contributed by atoms with Gasteiger partial charge in [-0.05, 0) is 73.5 Å². The lowest BCUT2D eigenvalue weighted by molar-refractivity contribution is 0.0961. The molecule has 0 saturated carbocycles. The number of furan rings is 1. The Morgan fingerprint density at radius 3 is 2.79 bits per heavy atom. The van der Waals surface area contributed by atoms with Crippen LogP contribution in [0, 0.1) is 6.92 Å². The van der Waals surface area contributed by atoms with Crippen LogP contribution in [0.4, 0.5) is 5.13 Å². The van der Waals surface area contributed by atoms with Gasteiger partial charge in [-0.3, -0.25) is 4.79 Å². The number of rotatable bonds is 6. The summed E-state index contributed by atoms with van der Waals surface area (Å²) < 4.78 is 11.7. The summed E-state index contributed by atoms with van der Waals surface area (Å²) in [7, 11) is 0. The molecule has 0 fully saturated rings.